The third-order valence-corrected chi connectivity index (χ3v) is 2.64. The van der Waals surface area contributed by atoms with Crippen LogP contribution in [0.25, 0.3) is 0 Å². The Morgan fingerprint density at radius 2 is 2.64 bits per heavy atom. The molecule has 0 radical (unpaired) electrons. The number of nitrogens with one attached hydrogen (secondary N) is 1. The summed E-state index contributed by atoms with van der Waals surface area (Å²) in [7, 11) is 0. The number of aliphatic carboxylic acids is 1. The highest BCUT2D eigenvalue weighted by atomic mass is 35.5. The predicted molar refractivity (Wildman–Crippen MR) is 55.7 cm³/mol. The van der Waals surface area contributed by atoms with Gasteiger partial charge < -0.3 is 5.11 Å². The molecule has 6 heteroatoms. The SMILES string of the molecule is C=CCNC(C(=O)O)c1ncc(Cl)s1. The van der Waals surface area contributed by atoms with E-state index in [0.29, 0.717) is 15.9 Å². The number of carbonyl (C=O) groups is 1. The third kappa shape index (κ3) is 2.80. The third-order valence-electron chi connectivity index (χ3n) is 1.46. The van der Waals surface area contributed by atoms with Crippen LogP contribution in [0, 0.1) is 0 Å². The Morgan fingerprint density at radius 3 is 3.07 bits per heavy atom. The zero-order valence-electron chi connectivity index (χ0n) is 7.24. The molecule has 1 aromatic rings. The van der Waals surface area contributed by atoms with Gasteiger partial charge in [-0.2, -0.15) is 0 Å². The van der Waals surface area contributed by atoms with Crippen LogP contribution >= 0.6 is 22.9 Å². The number of carboxylic acids is 1. The van der Waals surface area contributed by atoms with E-state index in [9.17, 15) is 4.79 Å². The van der Waals surface area contributed by atoms with Crippen LogP contribution in [0.2, 0.25) is 4.34 Å². The van der Waals surface area contributed by atoms with Crippen molar-refractivity contribution >= 4 is 28.9 Å². The molecule has 0 saturated carbocycles. The molecule has 1 atom stereocenters. The van der Waals surface area contributed by atoms with Gasteiger partial charge in [0.05, 0.1) is 6.20 Å². The van der Waals surface area contributed by atoms with Gasteiger partial charge in [0.15, 0.2) is 6.04 Å². The Balaban J connectivity index is 2.77. The van der Waals surface area contributed by atoms with Crippen molar-refractivity contribution in [2.75, 3.05) is 6.54 Å². The van der Waals surface area contributed by atoms with Crippen LogP contribution < -0.4 is 5.32 Å². The maximum Gasteiger partial charge on any atom is 0.327 e. The van der Waals surface area contributed by atoms with Crippen LogP contribution in [0.3, 0.4) is 0 Å². The molecule has 0 aliphatic heterocycles. The van der Waals surface area contributed by atoms with Gasteiger partial charge in [0, 0.05) is 6.54 Å². The van der Waals surface area contributed by atoms with Crippen LogP contribution in [0.4, 0.5) is 0 Å². The van der Waals surface area contributed by atoms with Gasteiger partial charge in [0.1, 0.15) is 9.34 Å². The lowest BCUT2D eigenvalue weighted by atomic mass is 10.3. The molecule has 1 rings (SSSR count). The highest BCUT2D eigenvalue weighted by Gasteiger charge is 2.21. The van der Waals surface area contributed by atoms with Gasteiger partial charge >= 0.3 is 5.97 Å². The summed E-state index contributed by atoms with van der Waals surface area (Å²) < 4.78 is 0.478. The van der Waals surface area contributed by atoms with E-state index >= 15 is 0 Å². The molecule has 4 nitrogen and oxygen atoms in total. The quantitative estimate of drug-likeness (QED) is 0.759. The number of rotatable bonds is 5. The Labute approximate surface area is 90.2 Å². The molecule has 1 heterocycles. The van der Waals surface area contributed by atoms with Crippen LogP contribution in [0.5, 0.6) is 0 Å². The van der Waals surface area contributed by atoms with Gasteiger partial charge in [-0.3, -0.25) is 10.1 Å². The van der Waals surface area contributed by atoms with Crippen molar-refractivity contribution in [2.24, 2.45) is 0 Å². The van der Waals surface area contributed by atoms with E-state index < -0.39 is 12.0 Å². The molecule has 0 bridgehead atoms. The molecule has 14 heavy (non-hydrogen) atoms. The largest absolute Gasteiger partial charge is 0.480 e. The maximum atomic E-state index is 10.8. The van der Waals surface area contributed by atoms with Crippen LogP contribution in [0.1, 0.15) is 11.0 Å². The standard InChI is InChI=1S/C8H9ClN2O2S/c1-2-3-10-6(8(12)13)7-11-4-5(9)14-7/h2,4,6,10H,1,3H2,(H,12,13). The maximum absolute atomic E-state index is 10.8. The Morgan fingerprint density at radius 1 is 1.93 bits per heavy atom. The molecule has 0 spiro atoms. The smallest absolute Gasteiger partial charge is 0.327 e. The summed E-state index contributed by atoms with van der Waals surface area (Å²) in [5, 5.41) is 12.1. The van der Waals surface area contributed by atoms with E-state index in [0.717, 1.165) is 11.3 Å². The number of aromatic nitrogens is 1. The van der Waals surface area contributed by atoms with E-state index in [1.54, 1.807) is 6.08 Å². The normalized spacial score (nSPS) is 12.4. The van der Waals surface area contributed by atoms with E-state index in [-0.39, 0.29) is 0 Å². The van der Waals surface area contributed by atoms with Gasteiger partial charge in [0.25, 0.3) is 0 Å². The second-order valence-corrected chi connectivity index (χ2v) is 4.16. The fourth-order valence-corrected chi connectivity index (χ4v) is 1.88. The highest BCUT2D eigenvalue weighted by Crippen LogP contribution is 2.23. The summed E-state index contributed by atoms with van der Waals surface area (Å²) in [5.41, 5.74) is 0. The van der Waals surface area contributed by atoms with Gasteiger partial charge in [-0.1, -0.05) is 17.7 Å². The molecule has 0 fully saturated rings. The van der Waals surface area contributed by atoms with E-state index in [2.05, 4.69) is 16.9 Å². The minimum Gasteiger partial charge on any atom is -0.480 e. The highest BCUT2D eigenvalue weighted by molar-refractivity contribution is 7.16. The number of thiazole rings is 1. The minimum absolute atomic E-state index is 0.411. The molecule has 0 saturated heterocycles. The fraction of sp³-hybridized carbons (Fsp3) is 0.250. The molecular weight excluding hydrogens is 224 g/mol. The average Bonchev–Trinajstić information content (AvgIpc) is 2.52. The number of hydrogen-bond donors (Lipinski definition) is 2. The summed E-state index contributed by atoms with van der Waals surface area (Å²) in [6.07, 6.45) is 3.03. The summed E-state index contributed by atoms with van der Waals surface area (Å²) in [5.74, 6) is -0.974. The molecule has 76 valence electrons. The lowest BCUT2D eigenvalue weighted by molar-refractivity contribution is -0.139. The zero-order valence-corrected chi connectivity index (χ0v) is 8.81. The van der Waals surface area contributed by atoms with Gasteiger partial charge in [-0.05, 0) is 0 Å². The van der Waals surface area contributed by atoms with Gasteiger partial charge in [0.2, 0.25) is 0 Å². The lowest BCUT2D eigenvalue weighted by Gasteiger charge is -2.09. The monoisotopic (exact) mass is 232 g/mol. The molecule has 0 aliphatic carbocycles. The van der Waals surface area contributed by atoms with Crippen LogP contribution in [-0.2, 0) is 4.79 Å². The van der Waals surface area contributed by atoms with E-state index in [1.807, 2.05) is 0 Å². The van der Waals surface area contributed by atoms with Crippen molar-refractivity contribution in [3.8, 4) is 0 Å². The number of nitrogens with zero attached hydrogens (tertiary/aromatic N) is 1. The first-order chi connectivity index (χ1) is 6.65. The molecular formula is C8H9ClN2O2S. The molecule has 2 N–H and O–H groups in total. The van der Waals surface area contributed by atoms with Crippen molar-refractivity contribution in [2.45, 2.75) is 6.04 Å². The summed E-state index contributed by atoms with van der Waals surface area (Å²) in [6.45, 7) is 3.90. The average molecular weight is 233 g/mol. The van der Waals surface area contributed by atoms with Crippen molar-refractivity contribution in [1.82, 2.24) is 10.3 Å². The first kappa shape index (κ1) is 11.2. The second-order valence-electron chi connectivity index (χ2n) is 2.47. The summed E-state index contributed by atoms with van der Waals surface area (Å²) in [4.78, 5) is 14.7. The number of hydrogen-bond acceptors (Lipinski definition) is 4. The molecule has 1 unspecified atom stereocenters. The van der Waals surface area contributed by atoms with Crippen molar-refractivity contribution < 1.29 is 9.90 Å². The number of carboxylic acid groups (broad SMARTS) is 1. The summed E-state index contributed by atoms with van der Waals surface area (Å²) >= 11 is 6.81. The first-order valence-corrected chi connectivity index (χ1v) is 5.03. The van der Waals surface area contributed by atoms with Crippen molar-refractivity contribution in [3.05, 3.63) is 28.2 Å². The predicted octanol–water partition coefficient (Wildman–Crippen LogP) is 1.70. The van der Waals surface area contributed by atoms with Crippen molar-refractivity contribution in [3.63, 3.8) is 0 Å². The van der Waals surface area contributed by atoms with Crippen molar-refractivity contribution in [1.29, 1.82) is 0 Å². The first-order valence-electron chi connectivity index (χ1n) is 3.83. The van der Waals surface area contributed by atoms with Gasteiger partial charge in [-0.15, -0.1) is 17.9 Å². The summed E-state index contributed by atoms with van der Waals surface area (Å²) in [6, 6.07) is -0.814. The Bertz CT molecular complexity index is 340. The van der Waals surface area contributed by atoms with E-state index in [1.165, 1.54) is 6.20 Å². The van der Waals surface area contributed by atoms with Gasteiger partial charge in [-0.25, -0.2) is 4.98 Å². The van der Waals surface area contributed by atoms with Crippen LogP contribution in [-0.4, -0.2) is 22.6 Å². The zero-order chi connectivity index (χ0) is 10.6. The molecule has 0 aromatic carbocycles. The molecule has 1 aromatic heterocycles. The topological polar surface area (TPSA) is 62.2 Å². The molecule has 0 amide bonds. The number of halogens is 1. The lowest BCUT2D eigenvalue weighted by Crippen LogP contribution is -2.28. The molecule has 0 aliphatic rings. The van der Waals surface area contributed by atoms with Crippen LogP contribution in [0.15, 0.2) is 18.9 Å². The fourth-order valence-electron chi connectivity index (χ4n) is 0.882. The van der Waals surface area contributed by atoms with E-state index in [4.69, 9.17) is 16.7 Å². The minimum atomic E-state index is -0.974. The second kappa shape index (κ2) is 5.09. The Kier molecular flexibility index (Phi) is 4.06. The Hall–Kier alpha value is -0.910.